The number of hydrogen-bond donors (Lipinski definition) is 0. The molecule has 3 nitrogen and oxygen atoms in total. The first kappa shape index (κ1) is 15.4. The Balaban J connectivity index is 2.24. The third-order valence-electron chi connectivity index (χ3n) is 3.57. The molecule has 0 N–H and O–H groups in total. The standard InChI is InChI=1S/C17H12F3NO2/c1-2-23-16-12-10(8-11(18)13(19)14(12)20)17(22)21-15(16)9-6-4-3-5-7-9/h3-8,16H,2H2,1H3. The average molecular weight is 319 g/mol. The summed E-state index contributed by atoms with van der Waals surface area (Å²) in [7, 11) is 0. The summed E-state index contributed by atoms with van der Waals surface area (Å²) in [5.74, 6) is -5.30. The molecule has 1 aliphatic rings. The monoisotopic (exact) mass is 319 g/mol. The van der Waals surface area contributed by atoms with Crippen molar-refractivity contribution in [3.05, 3.63) is 70.5 Å². The maximum absolute atomic E-state index is 14.3. The van der Waals surface area contributed by atoms with Gasteiger partial charge in [-0.1, -0.05) is 30.3 Å². The van der Waals surface area contributed by atoms with Crippen LogP contribution in [0, 0.1) is 17.5 Å². The van der Waals surface area contributed by atoms with Gasteiger partial charge in [-0.15, -0.1) is 0 Å². The molecule has 0 radical (unpaired) electrons. The van der Waals surface area contributed by atoms with Gasteiger partial charge < -0.3 is 4.74 Å². The fourth-order valence-electron chi connectivity index (χ4n) is 2.56. The number of nitrogens with zero attached hydrogens (tertiary/aromatic N) is 1. The summed E-state index contributed by atoms with van der Waals surface area (Å²) in [6.45, 7) is 1.86. The minimum absolute atomic E-state index is 0.176. The summed E-state index contributed by atoms with van der Waals surface area (Å²) < 4.78 is 46.8. The molecular formula is C17H12F3NO2. The van der Waals surface area contributed by atoms with Crippen LogP contribution in [-0.4, -0.2) is 18.2 Å². The van der Waals surface area contributed by atoms with Crippen LogP contribution in [0.2, 0.25) is 0 Å². The summed E-state index contributed by atoms with van der Waals surface area (Å²) in [6.07, 6.45) is -1.08. The minimum atomic E-state index is -1.63. The van der Waals surface area contributed by atoms with E-state index in [1.165, 1.54) is 0 Å². The summed E-state index contributed by atoms with van der Waals surface area (Å²) in [4.78, 5) is 16.0. The van der Waals surface area contributed by atoms with E-state index in [2.05, 4.69) is 4.99 Å². The molecule has 0 fully saturated rings. The zero-order chi connectivity index (χ0) is 16.6. The van der Waals surface area contributed by atoms with Crippen LogP contribution in [0.1, 0.15) is 34.5 Å². The number of ether oxygens (including phenoxy) is 1. The van der Waals surface area contributed by atoms with Crippen molar-refractivity contribution >= 4 is 11.6 Å². The lowest BCUT2D eigenvalue weighted by molar-refractivity contribution is 0.0912. The predicted molar refractivity (Wildman–Crippen MR) is 78.0 cm³/mol. The summed E-state index contributed by atoms with van der Waals surface area (Å²) >= 11 is 0. The van der Waals surface area contributed by atoms with Crippen molar-refractivity contribution in [2.45, 2.75) is 13.0 Å². The highest BCUT2D eigenvalue weighted by molar-refractivity contribution is 6.16. The van der Waals surface area contributed by atoms with Crippen molar-refractivity contribution in [1.82, 2.24) is 0 Å². The van der Waals surface area contributed by atoms with Gasteiger partial charge in [-0.3, -0.25) is 4.79 Å². The minimum Gasteiger partial charge on any atom is -0.367 e. The van der Waals surface area contributed by atoms with E-state index in [-0.39, 0.29) is 23.4 Å². The van der Waals surface area contributed by atoms with Crippen molar-refractivity contribution in [2.75, 3.05) is 6.61 Å². The van der Waals surface area contributed by atoms with Gasteiger partial charge in [-0.2, -0.15) is 0 Å². The molecule has 118 valence electrons. The first-order chi connectivity index (χ1) is 11.0. The third kappa shape index (κ3) is 2.55. The van der Waals surface area contributed by atoms with E-state index in [1.54, 1.807) is 37.3 Å². The molecule has 0 aromatic heterocycles. The summed E-state index contributed by atoms with van der Waals surface area (Å²) in [6, 6.07) is 9.24. The Labute approximate surface area is 130 Å². The Hall–Kier alpha value is -2.47. The number of hydrogen-bond acceptors (Lipinski definition) is 2. The predicted octanol–water partition coefficient (Wildman–Crippen LogP) is 3.82. The Morgan fingerprint density at radius 2 is 1.83 bits per heavy atom. The van der Waals surface area contributed by atoms with Crippen molar-refractivity contribution in [1.29, 1.82) is 0 Å². The zero-order valence-electron chi connectivity index (χ0n) is 12.1. The van der Waals surface area contributed by atoms with Crippen LogP contribution in [0.25, 0.3) is 0 Å². The van der Waals surface area contributed by atoms with Gasteiger partial charge in [0.25, 0.3) is 5.91 Å². The van der Waals surface area contributed by atoms with Gasteiger partial charge in [0.1, 0.15) is 6.10 Å². The van der Waals surface area contributed by atoms with Gasteiger partial charge in [0.2, 0.25) is 0 Å². The molecular weight excluding hydrogens is 307 g/mol. The van der Waals surface area contributed by atoms with Crippen LogP contribution in [0.5, 0.6) is 0 Å². The number of fused-ring (bicyclic) bond motifs is 1. The number of amides is 1. The van der Waals surface area contributed by atoms with Crippen LogP contribution >= 0.6 is 0 Å². The van der Waals surface area contributed by atoms with E-state index in [4.69, 9.17) is 4.74 Å². The van der Waals surface area contributed by atoms with Gasteiger partial charge in [0.05, 0.1) is 11.3 Å². The Morgan fingerprint density at radius 1 is 1.13 bits per heavy atom. The lowest BCUT2D eigenvalue weighted by atomic mass is 9.91. The van der Waals surface area contributed by atoms with Crippen LogP contribution in [0.4, 0.5) is 13.2 Å². The maximum Gasteiger partial charge on any atom is 0.277 e. The van der Waals surface area contributed by atoms with Gasteiger partial charge in [-0.25, -0.2) is 18.2 Å². The molecule has 1 aliphatic heterocycles. The van der Waals surface area contributed by atoms with Crippen molar-refractivity contribution in [3.63, 3.8) is 0 Å². The highest BCUT2D eigenvalue weighted by atomic mass is 19.2. The van der Waals surface area contributed by atoms with Gasteiger partial charge in [0, 0.05) is 12.2 Å². The zero-order valence-corrected chi connectivity index (χ0v) is 12.1. The Bertz CT molecular complexity index is 803. The van der Waals surface area contributed by atoms with Crippen LogP contribution in [0.3, 0.4) is 0 Å². The molecule has 6 heteroatoms. The number of aliphatic imine (C=N–C) groups is 1. The Morgan fingerprint density at radius 3 is 2.48 bits per heavy atom. The second-order valence-corrected chi connectivity index (χ2v) is 4.95. The quantitative estimate of drug-likeness (QED) is 0.807. The molecule has 0 aliphatic carbocycles. The first-order valence-corrected chi connectivity index (χ1v) is 7.02. The van der Waals surface area contributed by atoms with Gasteiger partial charge in [-0.05, 0) is 18.6 Å². The summed E-state index contributed by atoms with van der Waals surface area (Å²) in [5, 5.41) is 0. The molecule has 1 heterocycles. The van der Waals surface area contributed by atoms with E-state index in [1.807, 2.05) is 0 Å². The normalized spacial score (nSPS) is 17.0. The number of halogens is 3. The number of rotatable bonds is 3. The molecule has 3 rings (SSSR count). The van der Waals surface area contributed by atoms with Gasteiger partial charge in [0.15, 0.2) is 17.5 Å². The largest absolute Gasteiger partial charge is 0.367 e. The van der Waals surface area contributed by atoms with E-state index in [9.17, 15) is 18.0 Å². The fraction of sp³-hybridized carbons (Fsp3) is 0.176. The molecule has 0 bridgehead atoms. The average Bonchev–Trinajstić information content (AvgIpc) is 2.56. The molecule has 1 atom stereocenters. The number of carbonyl (C=O) groups excluding carboxylic acids is 1. The molecule has 23 heavy (non-hydrogen) atoms. The number of carbonyl (C=O) groups is 1. The maximum atomic E-state index is 14.3. The van der Waals surface area contributed by atoms with Crippen LogP contribution < -0.4 is 0 Å². The van der Waals surface area contributed by atoms with Crippen molar-refractivity contribution in [2.24, 2.45) is 4.99 Å². The second-order valence-electron chi connectivity index (χ2n) is 4.95. The summed E-state index contributed by atoms with van der Waals surface area (Å²) in [5.41, 5.74) is 0.0908. The van der Waals surface area contributed by atoms with E-state index < -0.39 is 29.5 Å². The molecule has 1 amide bonds. The topological polar surface area (TPSA) is 38.7 Å². The molecule has 2 aromatic rings. The van der Waals surface area contributed by atoms with E-state index >= 15 is 0 Å². The first-order valence-electron chi connectivity index (χ1n) is 7.02. The van der Waals surface area contributed by atoms with Crippen LogP contribution in [-0.2, 0) is 4.74 Å². The lowest BCUT2D eigenvalue weighted by Crippen LogP contribution is -2.27. The molecule has 2 aromatic carbocycles. The smallest absolute Gasteiger partial charge is 0.277 e. The highest BCUT2D eigenvalue weighted by Gasteiger charge is 2.36. The van der Waals surface area contributed by atoms with Crippen molar-refractivity contribution < 1.29 is 22.7 Å². The third-order valence-corrected chi connectivity index (χ3v) is 3.57. The molecule has 0 saturated heterocycles. The van der Waals surface area contributed by atoms with E-state index in [0.717, 1.165) is 0 Å². The number of benzene rings is 2. The highest BCUT2D eigenvalue weighted by Crippen LogP contribution is 2.35. The SMILES string of the molecule is CCOC1C(c2ccccc2)=NC(=O)c2cc(F)c(F)c(F)c21. The molecule has 0 spiro atoms. The van der Waals surface area contributed by atoms with Crippen LogP contribution in [0.15, 0.2) is 41.4 Å². The Kier molecular flexibility index (Phi) is 4.00. The van der Waals surface area contributed by atoms with Gasteiger partial charge >= 0.3 is 0 Å². The molecule has 1 unspecified atom stereocenters. The lowest BCUT2D eigenvalue weighted by Gasteiger charge is -2.26. The van der Waals surface area contributed by atoms with Crippen molar-refractivity contribution in [3.8, 4) is 0 Å². The van der Waals surface area contributed by atoms with E-state index in [0.29, 0.717) is 11.6 Å². The second kappa shape index (κ2) is 5.96. The fourth-order valence-corrected chi connectivity index (χ4v) is 2.56. The molecule has 0 saturated carbocycles.